The summed E-state index contributed by atoms with van der Waals surface area (Å²) in [5, 5.41) is 9.13. The SMILES string of the molecule is CCOC(=O)[C@@H]1C[C@]12C(=O)N1[C@@H](C(=O)O)C(C)(C)S[C@@H]12. The molecule has 110 valence electrons. The second kappa shape index (κ2) is 3.90. The number of thioether (sulfide) groups is 1. The van der Waals surface area contributed by atoms with Crippen molar-refractivity contribution < 1.29 is 24.2 Å². The van der Waals surface area contributed by atoms with E-state index in [9.17, 15) is 19.5 Å². The number of esters is 1. The van der Waals surface area contributed by atoms with E-state index in [0.29, 0.717) is 13.0 Å². The molecular weight excluding hydrogens is 282 g/mol. The smallest absolute Gasteiger partial charge is 0.327 e. The maximum absolute atomic E-state index is 12.4. The molecule has 1 saturated carbocycles. The van der Waals surface area contributed by atoms with Crippen LogP contribution in [0, 0.1) is 11.3 Å². The van der Waals surface area contributed by atoms with Gasteiger partial charge in [0.2, 0.25) is 5.91 Å². The Bertz CT molecular complexity index is 519. The van der Waals surface area contributed by atoms with E-state index >= 15 is 0 Å². The maximum Gasteiger partial charge on any atom is 0.327 e. The van der Waals surface area contributed by atoms with Crippen LogP contribution < -0.4 is 0 Å². The first-order valence-electron chi connectivity index (χ1n) is 6.67. The van der Waals surface area contributed by atoms with Crippen molar-refractivity contribution in [3.05, 3.63) is 0 Å². The molecule has 0 aromatic rings. The quantitative estimate of drug-likeness (QED) is 0.610. The Morgan fingerprint density at radius 2 is 2.15 bits per heavy atom. The lowest BCUT2D eigenvalue weighted by atomic mass is 9.87. The van der Waals surface area contributed by atoms with Crippen LogP contribution in [0.3, 0.4) is 0 Å². The van der Waals surface area contributed by atoms with Crippen LogP contribution in [0.1, 0.15) is 27.2 Å². The lowest BCUT2D eigenvalue weighted by molar-refractivity contribution is -0.168. The summed E-state index contributed by atoms with van der Waals surface area (Å²) >= 11 is 1.48. The average molecular weight is 299 g/mol. The highest BCUT2D eigenvalue weighted by atomic mass is 32.2. The molecule has 3 rings (SSSR count). The van der Waals surface area contributed by atoms with Gasteiger partial charge in [0, 0.05) is 4.75 Å². The van der Waals surface area contributed by atoms with Gasteiger partial charge in [0.1, 0.15) is 6.04 Å². The monoisotopic (exact) mass is 299 g/mol. The maximum atomic E-state index is 12.4. The van der Waals surface area contributed by atoms with Crippen LogP contribution in [-0.2, 0) is 19.1 Å². The predicted octanol–water partition coefficient (Wildman–Crippen LogP) is 0.703. The fraction of sp³-hybridized carbons (Fsp3) is 0.769. The second-order valence-corrected chi connectivity index (χ2v) is 7.81. The summed E-state index contributed by atoms with van der Waals surface area (Å²) in [6.45, 7) is 5.69. The molecular formula is C13H17NO5S. The number of carboxylic acid groups (broad SMARTS) is 1. The molecule has 1 aliphatic carbocycles. The molecule has 1 N–H and O–H groups in total. The van der Waals surface area contributed by atoms with Gasteiger partial charge in [0.25, 0.3) is 0 Å². The van der Waals surface area contributed by atoms with Crippen molar-refractivity contribution in [2.24, 2.45) is 11.3 Å². The van der Waals surface area contributed by atoms with E-state index in [1.54, 1.807) is 6.92 Å². The zero-order valence-corrected chi connectivity index (χ0v) is 12.4. The van der Waals surface area contributed by atoms with Crippen LogP contribution in [-0.4, -0.2) is 50.6 Å². The van der Waals surface area contributed by atoms with Gasteiger partial charge in [-0.25, -0.2) is 4.79 Å². The summed E-state index contributed by atoms with van der Waals surface area (Å²) in [7, 11) is 0. The van der Waals surface area contributed by atoms with Crippen molar-refractivity contribution in [1.29, 1.82) is 0 Å². The summed E-state index contributed by atoms with van der Waals surface area (Å²) in [5.41, 5.74) is -0.696. The molecule has 0 aromatic heterocycles. The number of aliphatic carboxylic acids is 1. The highest BCUT2D eigenvalue weighted by Crippen LogP contribution is 2.71. The third-order valence-electron chi connectivity index (χ3n) is 4.49. The van der Waals surface area contributed by atoms with E-state index in [1.165, 1.54) is 16.7 Å². The van der Waals surface area contributed by atoms with Crippen molar-refractivity contribution in [1.82, 2.24) is 4.90 Å². The molecule has 0 unspecified atom stereocenters. The fourth-order valence-electron chi connectivity index (χ4n) is 3.48. The summed E-state index contributed by atoms with van der Waals surface area (Å²) in [6, 6.07) is -0.820. The van der Waals surface area contributed by atoms with Gasteiger partial charge >= 0.3 is 11.9 Å². The van der Waals surface area contributed by atoms with Gasteiger partial charge in [-0.3, -0.25) is 9.59 Å². The number of carbonyl (C=O) groups is 3. The first-order chi connectivity index (χ1) is 9.27. The van der Waals surface area contributed by atoms with E-state index < -0.39 is 28.1 Å². The van der Waals surface area contributed by atoms with E-state index in [0.717, 1.165) is 0 Å². The molecule has 0 radical (unpaired) electrons. The standard InChI is InChI=1S/C13H17NO5S/c1-4-19-9(17)6-5-13(6)10(18)14-7(8(15)16)12(2,3)20-11(13)14/h6-7,11H,4-5H2,1-3H3,(H,15,16)/t6-,7-,11+,13+/m0/s1. The molecule has 1 spiro atoms. The van der Waals surface area contributed by atoms with Crippen molar-refractivity contribution in [2.75, 3.05) is 6.61 Å². The van der Waals surface area contributed by atoms with Crippen molar-refractivity contribution in [3.8, 4) is 0 Å². The van der Waals surface area contributed by atoms with E-state index in [-0.39, 0.29) is 17.3 Å². The third-order valence-corrected chi connectivity index (χ3v) is 6.19. The second-order valence-electron chi connectivity index (χ2n) is 6.08. The molecule has 20 heavy (non-hydrogen) atoms. The number of β-lactam (4-membered cyclic amide) rings is 1. The lowest BCUT2D eigenvalue weighted by Crippen LogP contribution is -2.65. The fourth-order valence-corrected chi connectivity index (χ4v) is 5.30. The van der Waals surface area contributed by atoms with E-state index in [4.69, 9.17) is 4.74 Å². The molecule has 2 aliphatic heterocycles. The highest BCUT2D eigenvalue weighted by molar-refractivity contribution is 8.01. The normalized spacial score (nSPS) is 40.2. The number of rotatable bonds is 3. The van der Waals surface area contributed by atoms with E-state index in [1.807, 2.05) is 13.8 Å². The van der Waals surface area contributed by atoms with Gasteiger partial charge in [0.15, 0.2) is 0 Å². The van der Waals surface area contributed by atoms with Crippen molar-refractivity contribution in [2.45, 2.75) is 43.4 Å². The molecule has 3 fully saturated rings. The molecule has 2 saturated heterocycles. The molecule has 3 aliphatic rings. The van der Waals surface area contributed by atoms with Crippen molar-refractivity contribution in [3.63, 3.8) is 0 Å². The number of nitrogens with zero attached hydrogens (tertiary/aromatic N) is 1. The van der Waals surface area contributed by atoms with Gasteiger partial charge in [-0.05, 0) is 27.2 Å². The van der Waals surface area contributed by atoms with Gasteiger partial charge in [-0.1, -0.05) is 0 Å². The number of fused-ring (bicyclic) bond motifs is 2. The molecule has 6 nitrogen and oxygen atoms in total. The summed E-state index contributed by atoms with van der Waals surface area (Å²) in [5.74, 6) is -1.92. The minimum absolute atomic E-state index is 0.203. The summed E-state index contributed by atoms with van der Waals surface area (Å²) < 4.78 is 4.44. The Kier molecular flexibility index (Phi) is 2.68. The predicted molar refractivity (Wildman–Crippen MR) is 70.9 cm³/mol. The third kappa shape index (κ3) is 1.44. The largest absolute Gasteiger partial charge is 0.480 e. The number of hydrogen-bond donors (Lipinski definition) is 1. The Morgan fingerprint density at radius 1 is 1.50 bits per heavy atom. The number of ether oxygens (including phenoxy) is 1. The Labute approximate surface area is 120 Å². The van der Waals surface area contributed by atoms with Crippen molar-refractivity contribution >= 4 is 29.6 Å². The lowest BCUT2D eigenvalue weighted by Gasteiger charge is -2.44. The molecule has 0 aromatic carbocycles. The molecule has 7 heteroatoms. The van der Waals surface area contributed by atoms with Crippen LogP contribution in [0.2, 0.25) is 0 Å². The minimum Gasteiger partial charge on any atom is -0.480 e. The number of hydrogen-bond acceptors (Lipinski definition) is 5. The highest BCUT2D eigenvalue weighted by Gasteiger charge is 2.82. The first kappa shape index (κ1) is 13.7. The number of carbonyl (C=O) groups excluding carboxylic acids is 2. The molecule has 0 bridgehead atoms. The van der Waals surface area contributed by atoms with Gasteiger partial charge in [-0.15, -0.1) is 11.8 Å². The summed E-state index contributed by atoms with van der Waals surface area (Å²) in [4.78, 5) is 37.0. The van der Waals surface area contributed by atoms with Gasteiger partial charge < -0.3 is 14.7 Å². The van der Waals surface area contributed by atoms with Crippen LogP contribution in [0.5, 0.6) is 0 Å². The zero-order chi connectivity index (χ0) is 14.9. The number of amides is 1. The molecule has 2 heterocycles. The van der Waals surface area contributed by atoms with Crippen LogP contribution in [0.15, 0.2) is 0 Å². The average Bonchev–Trinajstić information content (AvgIpc) is 3.06. The Hall–Kier alpha value is -1.24. The summed E-state index contributed by atoms with van der Waals surface area (Å²) in [6.07, 6.45) is 0.487. The Morgan fingerprint density at radius 3 is 2.70 bits per heavy atom. The zero-order valence-electron chi connectivity index (χ0n) is 11.6. The Balaban J connectivity index is 1.84. The molecule has 1 amide bonds. The van der Waals surface area contributed by atoms with Gasteiger partial charge in [-0.2, -0.15) is 0 Å². The van der Waals surface area contributed by atoms with Crippen LogP contribution in [0.4, 0.5) is 0 Å². The van der Waals surface area contributed by atoms with Crippen LogP contribution in [0.25, 0.3) is 0 Å². The topological polar surface area (TPSA) is 83.9 Å². The van der Waals surface area contributed by atoms with Crippen LogP contribution >= 0.6 is 11.8 Å². The van der Waals surface area contributed by atoms with Gasteiger partial charge in [0.05, 0.1) is 23.3 Å². The first-order valence-corrected chi connectivity index (χ1v) is 7.55. The number of carboxylic acids is 1. The van der Waals surface area contributed by atoms with E-state index in [2.05, 4.69) is 0 Å². The molecule has 4 atom stereocenters. The minimum atomic E-state index is -0.985.